The van der Waals surface area contributed by atoms with Gasteiger partial charge in [0.2, 0.25) is 0 Å². The van der Waals surface area contributed by atoms with E-state index in [0.29, 0.717) is 6.42 Å². The van der Waals surface area contributed by atoms with Crippen molar-refractivity contribution in [2.75, 3.05) is 12.1 Å². The van der Waals surface area contributed by atoms with Crippen LogP contribution in [-0.2, 0) is 33.3 Å². The number of carbonyl (C=O) groups is 3. The number of carbonyl (C=O) groups excluding carboxylic acids is 3. The van der Waals surface area contributed by atoms with Crippen LogP contribution in [-0.4, -0.2) is 63.6 Å². The van der Waals surface area contributed by atoms with Gasteiger partial charge >= 0.3 is 23.6 Å². The number of nitrogens with two attached hydrogens (primary N) is 1. The maximum atomic E-state index is 12.3. The minimum absolute atomic E-state index is 0.117. The van der Waals surface area contributed by atoms with Crippen LogP contribution in [0.1, 0.15) is 19.6 Å². The lowest BCUT2D eigenvalue weighted by Crippen LogP contribution is -2.43. The van der Waals surface area contributed by atoms with Crippen LogP contribution in [0.5, 0.6) is 0 Å². The fraction of sp³-hybridized carbons (Fsp3) is 0.471. The molecular formula is C17H20N4O9. The van der Waals surface area contributed by atoms with Gasteiger partial charge in [-0.25, -0.2) is 14.4 Å². The molecule has 5 atom stereocenters. The van der Waals surface area contributed by atoms with Crippen molar-refractivity contribution in [3.63, 3.8) is 0 Å². The molecule has 0 spiro atoms. The lowest BCUT2D eigenvalue weighted by molar-refractivity contribution is -0.165. The van der Waals surface area contributed by atoms with E-state index in [-0.39, 0.29) is 12.4 Å². The Kier molecular flexibility index (Phi) is 6.44. The van der Waals surface area contributed by atoms with Crippen molar-refractivity contribution in [1.82, 2.24) is 9.55 Å². The van der Waals surface area contributed by atoms with E-state index >= 15 is 0 Å². The number of ether oxygens (including phenoxy) is 4. The Morgan fingerprint density at radius 1 is 1.30 bits per heavy atom. The van der Waals surface area contributed by atoms with Crippen LogP contribution in [0, 0.1) is 0 Å². The number of nitrogens with one attached hydrogen (secondary N) is 1. The molecule has 13 heteroatoms. The Morgan fingerprint density at radius 3 is 2.57 bits per heavy atom. The monoisotopic (exact) mass is 424 g/mol. The van der Waals surface area contributed by atoms with Gasteiger partial charge in [-0.3, -0.25) is 20.0 Å². The summed E-state index contributed by atoms with van der Waals surface area (Å²) in [6.07, 6.45) is -1.36. The summed E-state index contributed by atoms with van der Waals surface area (Å²) in [5.74, 6) is -2.49. The first-order valence-electron chi connectivity index (χ1n) is 9.00. The highest BCUT2D eigenvalue weighted by Crippen LogP contribution is 2.34. The molecule has 2 aliphatic heterocycles. The van der Waals surface area contributed by atoms with Gasteiger partial charge in [0.05, 0.1) is 0 Å². The van der Waals surface area contributed by atoms with Crippen LogP contribution in [0.25, 0.3) is 0 Å². The minimum Gasteiger partial charge on any atom is -0.462 e. The predicted octanol–water partition coefficient (Wildman–Crippen LogP) is -1.38. The molecule has 162 valence electrons. The SMILES string of the molecule is CC[C@H](N)C(=O)OC[C@H]1O[C@@H](n2ccc(NO)nc2=O)[C@@H]2OC(=O)/C=C\C(=O)OC21. The Labute approximate surface area is 169 Å². The summed E-state index contributed by atoms with van der Waals surface area (Å²) in [5.41, 5.74) is 6.51. The molecule has 30 heavy (non-hydrogen) atoms. The molecule has 0 bridgehead atoms. The molecule has 2 aliphatic rings. The molecule has 3 rings (SSSR count). The van der Waals surface area contributed by atoms with Gasteiger partial charge in [-0.2, -0.15) is 4.98 Å². The summed E-state index contributed by atoms with van der Waals surface area (Å²) in [6, 6.07) is 0.424. The molecule has 1 saturated heterocycles. The second kappa shape index (κ2) is 9.02. The van der Waals surface area contributed by atoms with Crippen LogP contribution in [0.3, 0.4) is 0 Å². The zero-order chi connectivity index (χ0) is 21.8. The maximum absolute atomic E-state index is 12.3. The third kappa shape index (κ3) is 4.48. The van der Waals surface area contributed by atoms with Crippen LogP contribution in [0.2, 0.25) is 0 Å². The van der Waals surface area contributed by atoms with E-state index < -0.39 is 54.2 Å². The van der Waals surface area contributed by atoms with E-state index in [1.807, 2.05) is 0 Å². The quantitative estimate of drug-likeness (QED) is 0.277. The Hall–Kier alpha value is -3.29. The molecule has 3 heterocycles. The van der Waals surface area contributed by atoms with Crippen molar-refractivity contribution >= 4 is 23.7 Å². The van der Waals surface area contributed by atoms with Gasteiger partial charge < -0.3 is 24.7 Å². The fourth-order valence-corrected chi connectivity index (χ4v) is 2.92. The van der Waals surface area contributed by atoms with Gasteiger partial charge in [-0.05, 0) is 12.5 Å². The van der Waals surface area contributed by atoms with E-state index in [0.717, 1.165) is 16.7 Å². The molecule has 13 nitrogen and oxygen atoms in total. The minimum atomic E-state index is -1.24. The highest BCUT2D eigenvalue weighted by Gasteiger charge is 2.51. The molecule has 1 unspecified atom stereocenters. The molecular weight excluding hydrogens is 404 g/mol. The molecule has 1 fully saturated rings. The van der Waals surface area contributed by atoms with Gasteiger partial charge in [0.1, 0.15) is 18.8 Å². The number of fused-ring (bicyclic) bond motifs is 1. The van der Waals surface area contributed by atoms with Gasteiger partial charge in [0.25, 0.3) is 0 Å². The number of esters is 3. The summed E-state index contributed by atoms with van der Waals surface area (Å²) < 4.78 is 22.5. The van der Waals surface area contributed by atoms with Crippen molar-refractivity contribution in [1.29, 1.82) is 0 Å². The third-order valence-electron chi connectivity index (χ3n) is 4.50. The van der Waals surface area contributed by atoms with Crippen molar-refractivity contribution in [2.24, 2.45) is 5.73 Å². The Balaban J connectivity index is 1.90. The average Bonchev–Trinajstić information content (AvgIpc) is 3.04. The van der Waals surface area contributed by atoms with Gasteiger partial charge in [-0.15, -0.1) is 0 Å². The van der Waals surface area contributed by atoms with E-state index in [1.165, 1.54) is 12.3 Å². The summed E-state index contributed by atoms with van der Waals surface area (Å²) in [4.78, 5) is 51.7. The number of hydrogen-bond acceptors (Lipinski definition) is 12. The molecule has 4 N–H and O–H groups in total. The summed E-state index contributed by atoms with van der Waals surface area (Å²) in [5, 5.41) is 8.88. The molecule has 1 aromatic heterocycles. The van der Waals surface area contributed by atoms with Crippen LogP contribution >= 0.6 is 0 Å². The maximum Gasteiger partial charge on any atom is 0.351 e. The van der Waals surface area contributed by atoms with E-state index in [2.05, 4.69) is 4.98 Å². The Morgan fingerprint density at radius 2 is 1.97 bits per heavy atom. The first-order chi connectivity index (χ1) is 14.3. The van der Waals surface area contributed by atoms with Gasteiger partial charge in [-0.1, -0.05) is 6.92 Å². The second-order valence-electron chi connectivity index (χ2n) is 6.46. The average molecular weight is 424 g/mol. The number of hydrogen-bond donors (Lipinski definition) is 3. The molecule has 0 radical (unpaired) electrons. The fourth-order valence-electron chi connectivity index (χ4n) is 2.92. The van der Waals surface area contributed by atoms with Crippen LogP contribution < -0.4 is 16.9 Å². The lowest BCUT2D eigenvalue weighted by atomic mass is 10.1. The zero-order valence-electron chi connectivity index (χ0n) is 15.8. The smallest absolute Gasteiger partial charge is 0.351 e. The number of rotatable bonds is 6. The van der Waals surface area contributed by atoms with Crippen LogP contribution in [0.4, 0.5) is 5.82 Å². The number of anilines is 1. The van der Waals surface area contributed by atoms with Crippen molar-refractivity contribution < 1.29 is 38.5 Å². The first-order valence-corrected chi connectivity index (χ1v) is 9.00. The topological polar surface area (TPSA) is 181 Å². The highest BCUT2D eigenvalue weighted by atomic mass is 16.7. The van der Waals surface area contributed by atoms with Crippen LogP contribution in [0.15, 0.2) is 29.2 Å². The number of aromatic nitrogens is 2. The molecule has 0 saturated carbocycles. The van der Waals surface area contributed by atoms with E-state index in [1.54, 1.807) is 12.4 Å². The summed E-state index contributed by atoms with van der Waals surface area (Å²) >= 11 is 0. The van der Waals surface area contributed by atoms with E-state index in [4.69, 9.17) is 29.9 Å². The molecule has 1 aromatic rings. The zero-order valence-corrected chi connectivity index (χ0v) is 15.8. The van der Waals surface area contributed by atoms with Crippen molar-refractivity contribution in [3.05, 3.63) is 34.9 Å². The predicted molar refractivity (Wildman–Crippen MR) is 95.9 cm³/mol. The van der Waals surface area contributed by atoms with Gasteiger partial charge in [0.15, 0.2) is 24.3 Å². The van der Waals surface area contributed by atoms with Crippen molar-refractivity contribution in [3.8, 4) is 0 Å². The summed E-state index contributed by atoms with van der Waals surface area (Å²) in [6.45, 7) is 1.34. The van der Waals surface area contributed by atoms with Gasteiger partial charge in [0, 0.05) is 18.3 Å². The third-order valence-corrected chi connectivity index (χ3v) is 4.50. The highest BCUT2D eigenvalue weighted by molar-refractivity contribution is 5.92. The molecule has 0 amide bonds. The lowest BCUT2D eigenvalue weighted by Gasteiger charge is -2.25. The normalized spacial score (nSPS) is 27.7. The standard InChI is InChI=1S/C17H20N4O9/c1-2-8(18)16(24)27-7-9-13-14(30-12(23)4-3-11(22)29-13)15(28-9)21-6-5-10(20-26)19-17(21)25/h3-6,8-9,13-15,26H,2,7,18H2,1H3,(H,19,20,25)/b4-3-/t8-,9+,13?,14+,15+/m0/s1. The van der Waals surface area contributed by atoms with Crippen molar-refractivity contribution in [2.45, 2.75) is 43.9 Å². The first kappa shape index (κ1) is 21.4. The second-order valence-corrected chi connectivity index (χ2v) is 6.46. The summed E-state index contributed by atoms with van der Waals surface area (Å²) in [7, 11) is 0. The van der Waals surface area contributed by atoms with E-state index in [9.17, 15) is 19.2 Å². The largest absolute Gasteiger partial charge is 0.462 e. The molecule has 0 aliphatic carbocycles. The molecule has 0 aromatic carbocycles. The Bertz CT molecular complexity index is 915. The number of nitrogens with zero attached hydrogens (tertiary/aromatic N) is 2.